The van der Waals surface area contributed by atoms with Crippen LogP contribution in [0.3, 0.4) is 0 Å². The van der Waals surface area contributed by atoms with Gasteiger partial charge in [0.1, 0.15) is 21.9 Å². The molecule has 232 valence electrons. The number of esters is 1. The molecule has 7 nitrogen and oxygen atoms in total. The van der Waals surface area contributed by atoms with Crippen molar-refractivity contribution in [2.24, 2.45) is 5.92 Å². The molecule has 4 rings (SSSR count). The molecule has 1 amide bonds. The Morgan fingerprint density at radius 1 is 1.09 bits per heavy atom. The molecule has 1 aliphatic heterocycles. The summed E-state index contributed by atoms with van der Waals surface area (Å²) in [5, 5.41) is 1.88. The van der Waals surface area contributed by atoms with E-state index in [-0.39, 0.29) is 23.7 Å². The lowest BCUT2D eigenvalue weighted by Gasteiger charge is -2.41. The Hall–Kier alpha value is -3.04. The first-order valence-corrected chi connectivity index (χ1v) is 16.8. The number of aromatic nitrogens is 1. The predicted molar refractivity (Wildman–Crippen MR) is 172 cm³/mol. The van der Waals surface area contributed by atoms with Crippen LogP contribution in [-0.4, -0.2) is 49.5 Å². The average molecular weight is 625 g/mol. The number of likely N-dealkylation sites (tertiary alicyclic amines) is 1. The molecule has 0 spiro atoms. The minimum Gasteiger partial charge on any atom is -0.496 e. The summed E-state index contributed by atoms with van der Waals surface area (Å²) in [7, 11) is 0.0438. The van der Waals surface area contributed by atoms with Gasteiger partial charge >= 0.3 is 5.97 Å². The summed E-state index contributed by atoms with van der Waals surface area (Å²) in [6.45, 7) is 15.8. The summed E-state index contributed by atoms with van der Waals surface area (Å²) in [4.78, 5) is 36.2. The van der Waals surface area contributed by atoms with Crippen molar-refractivity contribution in [3.63, 3.8) is 0 Å². The Balaban J connectivity index is 1.98. The topological polar surface area (TPSA) is 85.8 Å². The highest BCUT2D eigenvalue weighted by Crippen LogP contribution is 2.51. The molecule has 0 saturated carbocycles. The van der Waals surface area contributed by atoms with Crippen molar-refractivity contribution < 1.29 is 23.3 Å². The largest absolute Gasteiger partial charge is 0.496 e. The minimum absolute atomic E-state index is 0.0291. The second kappa shape index (κ2) is 12.5. The van der Waals surface area contributed by atoms with E-state index in [1.54, 1.807) is 30.3 Å². The van der Waals surface area contributed by atoms with Gasteiger partial charge in [-0.05, 0) is 74.8 Å². The standard InChI is InChI=1S/C34H44N2O5S2/c1-22(2)20-34(31(38)41-33(6,7)8)21-27(43(39)24-13-11-10-12-14-24)28(29-35-17-18-42-29)36(34)30(37)23-15-16-25(32(3,4)5)26(19-23)40-9/h10-19,22,27-28H,20-21H2,1-9H3/t27-,28+,34-,43?/m0/s1. The van der Waals surface area contributed by atoms with Crippen molar-refractivity contribution in [2.75, 3.05) is 7.11 Å². The fourth-order valence-corrected chi connectivity index (χ4v) is 8.51. The number of methoxy groups -OCH3 is 1. The molecule has 1 saturated heterocycles. The van der Waals surface area contributed by atoms with Crippen LogP contribution in [0.5, 0.6) is 5.75 Å². The predicted octanol–water partition coefficient (Wildman–Crippen LogP) is 7.34. The number of carbonyl (C=O) groups is 2. The van der Waals surface area contributed by atoms with Crippen LogP contribution >= 0.6 is 11.3 Å². The lowest BCUT2D eigenvalue weighted by molar-refractivity contribution is -0.168. The lowest BCUT2D eigenvalue weighted by atomic mass is 9.84. The maximum atomic E-state index is 14.9. The third kappa shape index (κ3) is 6.88. The van der Waals surface area contributed by atoms with E-state index in [1.807, 2.05) is 76.4 Å². The quantitative estimate of drug-likeness (QED) is 0.244. The molecule has 1 aromatic heterocycles. The van der Waals surface area contributed by atoms with Gasteiger partial charge in [-0.2, -0.15) is 0 Å². The number of nitrogens with zero attached hydrogens (tertiary/aromatic N) is 2. The molecule has 43 heavy (non-hydrogen) atoms. The van der Waals surface area contributed by atoms with Crippen LogP contribution < -0.4 is 4.74 Å². The van der Waals surface area contributed by atoms with Gasteiger partial charge in [-0.25, -0.2) is 9.78 Å². The smallest absolute Gasteiger partial charge is 0.332 e. The number of hydrogen-bond donors (Lipinski definition) is 0. The number of carbonyl (C=O) groups excluding carboxylic acids is 2. The molecule has 2 heterocycles. The summed E-state index contributed by atoms with van der Waals surface area (Å²) in [5.74, 6) is -0.214. The molecule has 0 bridgehead atoms. The first kappa shape index (κ1) is 32.9. The summed E-state index contributed by atoms with van der Waals surface area (Å²) < 4.78 is 26.2. The van der Waals surface area contributed by atoms with Gasteiger partial charge in [0.05, 0.1) is 29.2 Å². The van der Waals surface area contributed by atoms with Gasteiger partial charge in [-0.15, -0.1) is 11.3 Å². The van der Waals surface area contributed by atoms with Crippen LogP contribution in [0.1, 0.15) is 95.2 Å². The number of hydrogen-bond acceptors (Lipinski definition) is 7. The third-order valence-corrected chi connectivity index (χ3v) is 10.1. The molecule has 9 heteroatoms. The molecule has 1 fully saturated rings. The molecule has 0 aliphatic carbocycles. The fourth-order valence-electron chi connectivity index (χ4n) is 5.95. The Labute approximate surface area is 262 Å². The zero-order chi connectivity index (χ0) is 31.7. The maximum absolute atomic E-state index is 14.9. The average Bonchev–Trinajstić information content (AvgIpc) is 3.57. The molecule has 2 aromatic carbocycles. The van der Waals surface area contributed by atoms with Crippen molar-refractivity contribution in [1.29, 1.82) is 0 Å². The Morgan fingerprint density at radius 2 is 1.77 bits per heavy atom. The maximum Gasteiger partial charge on any atom is 0.332 e. The van der Waals surface area contributed by atoms with E-state index < -0.39 is 39.2 Å². The molecule has 3 aromatic rings. The zero-order valence-electron chi connectivity index (χ0n) is 26.7. The molecule has 0 radical (unpaired) electrons. The normalized spacial score (nSPS) is 21.6. The summed E-state index contributed by atoms with van der Waals surface area (Å²) >= 11 is 1.39. The van der Waals surface area contributed by atoms with Crippen LogP contribution in [0.2, 0.25) is 0 Å². The highest BCUT2D eigenvalue weighted by molar-refractivity contribution is 7.85. The van der Waals surface area contributed by atoms with E-state index >= 15 is 0 Å². The van der Waals surface area contributed by atoms with Crippen LogP contribution in [-0.2, 0) is 25.7 Å². The Kier molecular flexibility index (Phi) is 9.57. The van der Waals surface area contributed by atoms with Gasteiger partial charge in [0.15, 0.2) is 0 Å². The monoisotopic (exact) mass is 624 g/mol. The van der Waals surface area contributed by atoms with E-state index in [4.69, 9.17) is 9.47 Å². The van der Waals surface area contributed by atoms with Crippen LogP contribution in [0.4, 0.5) is 0 Å². The van der Waals surface area contributed by atoms with Crippen molar-refractivity contribution >= 4 is 34.0 Å². The van der Waals surface area contributed by atoms with E-state index in [1.165, 1.54) is 11.3 Å². The number of rotatable bonds is 8. The van der Waals surface area contributed by atoms with Crippen molar-refractivity contribution in [3.8, 4) is 5.75 Å². The molecular weight excluding hydrogens is 581 g/mol. The van der Waals surface area contributed by atoms with Gasteiger partial charge < -0.3 is 14.4 Å². The first-order chi connectivity index (χ1) is 20.1. The number of amides is 1. The van der Waals surface area contributed by atoms with Gasteiger partial charge in [0.25, 0.3) is 5.91 Å². The summed E-state index contributed by atoms with van der Waals surface area (Å²) in [5.41, 5.74) is -1.03. The van der Waals surface area contributed by atoms with Crippen molar-refractivity contribution in [1.82, 2.24) is 9.88 Å². The van der Waals surface area contributed by atoms with Crippen LogP contribution in [0, 0.1) is 5.92 Å². The lowest BCUT2D eigenvalue weighted by Crippen LogP contribution is -2.56. The number of benzene rings is 2. The van der Waals surface area contributed by atoms with Crippen molar-refractivity contribution in [2.45, 2.75) is 101 Å². The van der Waals surface area contributed by atoms with Crippen molar-refractivity contribution in [3.05, 3.63) is 76.2 Å². The second-order valence-corrected chi connectivity index (χ2v) is 16.2. The molecule has 0 N–H and O–H groups in total. The van der Waals surface area contributed by atoms with E-state index in [0.29, 0.717) is 27.6 Å². The van der Waals surface area contributed by atoms with E-state index in [2.05, 4.69) is 25.8 Å². The summed E-state index contributed by atoms with van der Waals surface area (Å²) in [6, 6.07) is 14.0. The minimum atomic E-state index is -1.55. The SMILES string of the molecule is COc1cc(C(=O)N2[C@@H](c3nccs3)[C@@H](S(=O)c3ccccc3)C[C@@]2(CC(C)C)C(=O)OC(C)(C)C)ccc1C(C)(C)C. The summed E-state index contributed by atoms with van der Waals surface area (Å²) in [6.07, 6.45) is 2.20. The van der Waals surface area contributed by atoms with E-state index in [9.17, 15) is 13.8 Å². The van der Waals surface area contributed by atoms with Crippen LogP contribution in [0.25, 0.3) is 0 Å². The van der Waals surface area contributed by atoms with Gasteiger partial charge in [-0.3, -0.25) is 9.00 Å². The van der Waals surface area contributed by atoms with E-state index in [0.717, 1.165) is 5.56 Å². The highest BCUT2D eigenvalue weighted by Gasteiger charge is 2.62. The fraction of sp³-hybridized carbons (Fsp3) is 0.500. The van der Waals surface area contributed by atoms with Gasteiger partial charge in [0, 0.05) is 22.0 Å². The number of thiazole rings is 1. The zero-order valence-corrected chi connectivity index (χ0v) is 28.3. The highest BCUT2D eigenvalue weighted by atomic mass is 32.2. The van der Waals surface area contributed by atoms with Gasteiger partial charge in [-0.1, -0.05) is 58.9 Å². The Bertz CT molecular complexity index is 1460. The van der Waals surface area contributed by atoms with Gasteiger partial charge in [0.2, 0.25) is 0 Å². The number of ether oxygens (including phenoxy) is 2. The Morgan fingerprint density at radius 3 is 2.30 bits per heavy atom. The molecule has 1 unspecified atom stereocenters. The van der Waals surface area contributed by atoms with Crippen LogP contribution in [0.15, 0.2) is 65.0 Å². The molecule has 1 aliphatic rings. The third-order valence-electron chi connectivity index (χ3n) is 7.59. The first-order valence-electron chi connectivity index (χ1n) is 14.7. The second-order valence-electron chi connectivity index (χ2n) is 13.6. The molecule has 4 atom stereocenters. The molecular formula is C34H44N2O5S2.